The molecular formula is C16H20FN3. The molecule has 0 aliphatic heterocycles. The van der Waals surface area contributed by atoms with Crippen LogP contribution >= 0.6 is 0 Å². The molecule has 106 valence electrons. The second-order valence-corrected chi connectivity index (χ2v) is 4.71. The average Bonchev–Trinajstić information content (AvgIpc) is 2.42. The summed E-state index contributed by atoms with van der Waals surface area (Å²) in [5.74, 6) is 0.694. The standard InChI is InChI=1S/C16H20FN3/c1-3-18-16-11-15(7-9-20-16)19-8-6-13-4-5-14(17)10-12(13)2/h4-5,7,9-11H,3,6,8H2,1-2H3,(H2,18,19,20). The molecule has 2 aromatic rings. The van der Waals surface area contributed by atoms with Gasteiger partial charge in [-0.05, 0) is 49.6 Å². The Morgan fingerprint density at radius 1 is 1.15 bits per heavy atom. The monoisotopic (exact) mass is 273 g/mol. The van der Waals surface area contributed by atoms with Gasteiger partial charge in [0.15, 0.2) is 0 Å². The van der Waals surface area contributed by atoms with Crippen LogP contribution in [0.3, 0.4) is 0 Å². The minimum atomic E-state index is -0.177. The summed E-state index contributed by atoms with van der Waals surface area (Å²) >= 11 is 0. The highest BCUT2D eigenvalue weighted by molar-refractivity contribution is 5.51. The van der Waals surface area contributed by atoms with Gasteiger partial charge in [0, 0.05) is 31.0 Å². The molecule has 1 aromatic heterocycles. The van der Waals surface area contributed by atoms with Crippen molar-refractivity contribution >= 4 is 11.5 Å². The van der Waals surface area contributed by atoms with E-state index in [0.717, 1.165) is 36.6 Å². The van der Waals surface area contributed by atoms with Crippen molar-refractivity contribution in [3.63, 3.8) is 0 Å². The third kappa shape index (κ3) is 3.95. The van der Waals surface area contributed by atoms with Crippen LogP contribution in [-0.4, -0.2) is 18.1 Å². The van der Waals surface area contributed by atoms with E-state index in [1.54, 1.807) is 12.3 Å². The van der Waals surface area contributed by atoms with E-state index in [-0.39, 0.29) is 5.82 Å². The minimum Gasteiger partial charge on any atom is -0.385 e. The van der Waals surface area contributed by atoms with Gasteiger partial charge in [0.2, 0.25) is 0 Å². The summed E-state index contributed by atoms with van der Waals surface area (Å²) in [6, 6.07) is 8.87. The lowest BCUT2D eigenvalue weighted by molar-refractivity contribution is 0.625. The van der Waals surface area contributed by atoms with Crippen LogP contribution in [0.15, 0.2) is 36.5 Å². The van der Waals surface area contributed by atoms with Crippen molar-refractivity contribution in [1.82, 2.24) is 4.98 Å². The number of aromatic nitrogens is 1. The van der Waals surface area contributed by atoms with Crippen molar-refractivity contribution in [2.75, 3.05) is 23.7 Å². The van der Waals surface area contributed by atoms with Gasteiger partial charge in [-0.3, -0.25) is 0 Å². The van der Waals surface area contributed by atoms with Gasteiger partial charge in [-0.25, -0.2) is 9.37 Å². The fraction of sp³-hybridized carbons (Fsp3) is 0.312. The van der Waals surface area contributed by atoms with Crippen LogP contribution in [0.2, 0.25) is 0 Å². The number of rotatable bonds is 6. The first kappa shape index (κ1) is 14.3. The first-order chi connectivity index (χ1) is 9.69. The SMILES string of the molecule is CCNc1cc(NCCc2ccc(F)cc2C)ccn1. The van der Waals surface area contributed by atoms with E-state index < -0.39 is 0 Å². The number of benzene rings is 1. The van der Waals surface area contributed by atoms with Crippen molar-refractivity contribution in [1.29, 1.82) is 0 Å². The molecule has 0 spiro atoms. The van der Waals surface area contributed by atoms with Gasteiger partial charge in [0.25, 0.3) is 0 Å². The molecule has 20 heavy (non-hydrogen) atoms. The molecule has 3 nitrogen and oxygen atoms in total. The third-order valence-corrected chi connectivity index (χ3v) is 3.15. The Labute approximate surface area is 119 Å². The van der Waals surface area contributed by atoms with Gasteiger partial charge in [0.05, 0.1) is 0 Å². The molecule has 1 aromatic carbocycles. The highest BCUT2D eigenvalue weighted by Gasteiger charge is 2.01. The fourth-order valence-corrected chi connectivity index (χ4v) is 2.10. The van der Waals surface area contributed by atoms with Crippen molar-refractivity contribution in [2.24, 2.45) is 0 Å². The molecule has 0 fully saturated rings. The highest BCUT2D eigenvalue weighted by Crippen LogP contribution is 2.13. The topological polar surface area (TPSA) is 37.0 Å². The Morgan fingerprint density at radius 2 is 2.00 bits per heavy atom. The summed E-state index contributed by atoms with van der Waals surface area (Å²) in [6.07, 6.45) is 2.65. The van der Waals surface area contributed by atoms with E-state index in [2.05, 4.69) is 15.6 Å². The number of anilines is 2. The average molecular weight is 273 g/mol. The van der Waals surface area contributed by atoms with Gasteiger partial charge in [-0.2, -0.15) is 0 Å². The summed E-state index contributed by atoms with van der Waals surface area (Å²) in [5.41, 5.74) is 3.20. The maximum absolute atomic E-state index is 13.0. The molecule has 0 unspecified atom stereocenters. The lowest BCUT2D eigenvalue weighted by Crippen LogP contribution is -2.07. The summed E-state index contributed by atoms with van der Waals surface area (Å²) in [7, 11) is 0. The van der Waals surface area contributed by atoms with Gasteiger partial charge < -0.3 is 10.6 Å². The second kappa shape index (κ2) is 6.89. The quantitative estimate of drug-likeness (QED) is 0.844. The number of pyridine rings is 1. The molecule has 0 aliphatic rings. The van der Waals surface area contributed by atoms with E-state index in [9.17, 15) is 4.39 Å². The Balaban J connectivity index is 1.90. The van der Waals surface area contributed by atoms with Crippen LogP contribution in [0.4, 0.5) is 15.9 Å². The first-order valence-corrected chi connectivity index (χ1v) is 6.88. The van der Waals surface area contributed by atoms with Crippen molar-refractivity contribution < 1.29 is 4.39 Å². The maximum Gasteiger partial charge on any atom is 0.127 e. The predicted octanol–water partition coefficient (Wildman–Crippen LogP) is 3.62. The molecule has 0 saturated heterocycles. The number of hydrogen-bond acceptors (Lipinski definition) is 3. The van der Waals surface area contributed by atoms with E-state index in [1.807, 2.05) is 32.0 Å². The third-order valence-electron chi connectivity index (χ3n) is 3.15. The van der Waals surface area contributed by atoms with Crippen LogP contribution in [0.25, 0.3) is 0 Å². The molecule has 2 rings (SSSR count). The van der Waals surface area contributed by atoms with E-state index in [1.165, 1.54) is 11.6 Å². The number of nitrogens with zero attached hydrogens (tertiary/aromatic N) is 1. The van der Waals surface area contributed by atoms with Gasteiger partial charge >= 0.3 is 0 Å². The predicted molar refractivity (Wildman–Crippen MR) is 81.7 cm³/mol. The Bertz CT molecular complexity index is 569. The van der Waals surface area contributed by atoms with Crippen LogP contribution in [-0.2, 0) is 6.42 Å². The molecule has 0 saturated carbocycles. The van der Waals surface area contributed by atoms with Gasteiger partial charge in [-0.1, -0.05) is 6.07 Å². The lowest BCUT2D eigenvalue weighted by Gasteiger charge is -2.10. The number of halogens is 1. The molecule has 2 N–H and O–H groups in total. The van der Waals surface area contributed by atoms with Gasteiger partial charge in [-0.15, -0.1) is 0 Å². The summed E-state index contributed by atoms with van der Waals surface area (Å²) in [5, 5.41) is 6.54. The molecule has 0 bridgehead atoms. The summed E-state index contributed by atoms with van der Waals surface area (Å²) in [4.78, 5) is 4.23. The molecule has 0 amide bonds. The first-order valence-electron chi connectivity index (χ1n) is 6.88. The van der Waals surface area contributed by atoms with Crippen molar-refractivity contribution in [3.8, 4) is 0 Å². The molecule has 0 radical (unpaired) electrons. The number of aryl methyl sites for hydroxylation is 1. The van der Waals surface area contributed by atoms with Crippen LogP contribution < -0.4 is 10.6 Å². The van der Waals surface area contributed by atoms with E-state index in [0.29, 0.717) is 0 Å². The maximum atomic E-state index is 13.0. The number of hydrogen-bond donors (Lipinski definition) is 2. The van der Waals surface area contributed by atoms with Crippen LogP contribution in [0, 0.1) is 12.7 Å². The lowest BCUT2D eigenvalue weighted by atomic mass is 10.1. The molecular weight excluding hydrogens is 253 g/mol. The Morgan fingerprint density at radius 3 is 2.75 bits per heavy atom. The fourth-order valence-electron chi connectivity index (χ4n) is 2.10. The molecule has 0 aliphatic carbocycles. The van der Waals surface area contributed by atoms with Crippen molar-refractivity contribution in [3.05, 3.63) is 53.5 Å². The van der Waals surface area contributed by atoms with E-state index in [4.69, 9.17) is 0 Å². The number of nitrogens with one attached hydrogen (secondary N) is 2. The van der Waals surface area contributed by atoms with E-state index >= 15 is 0 Å². The molecule has 0 atom stereocenters. The Hall–Kier alpha value is -2.10. The zero-order valence-corrected chi connectivity index (χ0v) is 11.9. The molecule has 1 heterocycles. The largest absolute Gasteiger partial charge is 0.385 e. The minimum absolute atomic E-state index is 0.177. The van der Waals surface area contributed by atoms with Crippen LogP contribution in [0.5, 0.6) is 0 Å². The van der Waals surface area contributed by atoms with Crippen LogP contribution in [0.1, 0.15) is 18.1 Å². The zero-order valence-electron chi connectivity index (χ0n) is 11.9. The van der Waals surface area contributed by atoms with Crippen molar-refractivity contribution in [2.45, 2.75) is 20.3 Å². The zero-order chi connectivity index (χ0) is 14.4. The molecule has 4 heteroatoms. The smallest absolute Gasteiger partial charge is 0.127 e. The van der Waals surface area contributed by atoms with Gasteiger partial charge in [0.1, 0.15) is 11.6 Å². The normalized spacial score (nSPS) is 10.3. The Kier molecular flexibility index (Phi) is 4.93. The summed E-state index contributed by atoms with van der Waals surface area (Å²) < 4.78 is 13.0. The second-order valence-electron chi connectivity index (χ2n) is 4.71. The summed E-state index contributed by atoms with van der Waals surface area (Å²) in [6.45, 7) is 5.64. The highest BCUT2D eigenvalue weighted by atomic mass is 19.1.